The van der Waals surface area contributed by atoms with Gasteiger partial charge in [0.05, 0.1) is 30.6 Å². The number of ether oxygens (including phenoxy) is 1. The lowest BCUT2D eigenvalue weighted by Gasteiger charge is -2.37. The fraction of sp³-hybridized carbons (Fsp3) is 0.364. The highest BCUT2D eigenvalue weighted by molar-refractivity contribution is 6.04. The summed E-state index contributed by atoms with van der Waals surface area (Å²) in [5.41, 5.74) is 3.04. The van der Waals surface area contributed by atoms with E-state index in [0.717, 1.165) is 16.7 Å². The molecule has 8 heteroatoms. The molecule has 212 valence electrons. The Balaban J connectivity index is 1.37. The lowest BCUT2D eigenvalue weighted by atomic mass is 9.70. The number of aliphatic hydroxyl groups excluding tert-OH is 1. The SMILES string of the molecule is Cc1ccc(C)c(NC(=O)C2N([C@H](CO)c3ccccc3)C(=O)[C@@H]3[C@@H](C(=O)NCc4ccccc4)[C@H]4CCC23O4)c1. The molecule has 0 aliphatic carbocycles. The third-order valence-corrected chi connectivity index (χ3v) is 8.94. The molecule has 0 saturated carbocycles. The Morgan fingerprint density at radius 2 is 1.73 bits per heavy atom. The van der Waals surface area contributed by atoms with E-state index in [9.17, 15) is 19.5 Å². The van der Waals surface area contributed by atoms with Crippen molar-refractivity contribution in [3.63, 3.8) is 0 Å². The number of aryl methyl sites for hydroxylation is 2. The lowest BCUT2D eigenvalue weighted by molar-refractivity contribution is -0.144. The van der Waals surface area contributed by atoms with Gasteiger partial charge in [-0.3, -0.25) is 14.4 Å². The van der Waals surface area contributed by atoms with Crippen molar-refractivity contribution in [2.75, 3.05) is 11.9 Å². The Morgan fingerprint density at radius 3 is 2.44 bits per heavy atom. The summed E-state index contributed by atoms with van der Waals surface area (Å²) in [5.74, 6) is -2.53. The standard InChI is InChI=1S/C33H35N3O5/c1-20-13-14-21(2)24(17-20)35-31(39)29-33-16-15-26(41-33)27(30(38)34-18-22-9-5-3-6-10-22)28(33)32(40)36(29)25(19-37)23-11-7-4-8-12-23/h3-14,17,25-29,37H,15-16,18-19H2,1-2H3,(H,34,38)(H,35,39)/t25-,26-,27+,28+,29?,33?/m1/s1. The van der Waals surface area contributed by atoms with Gasteiger partial charge in [0.15, 0.2) is 0 Å². The second-order valence-electron chi connectivity index (χ2n) is 11.4. The van der Waals surface area contributed by atoms with Crippen molar-refractivity contribution in [2.24, 2.45) is 11.8 Å². The number of nitrogens with zero attached hydrogens (tertiary/aromatic N) is 1. The van der Waals surface area contributed by atoms with Crippen LogP contribution in [0.5, 0.6) is 0 Å². The largest absolute Gasteiger partial charge is 0.394 e. The third-order valence-electron chi connectivity index (χ3n) is 8.94. The molecule has 2 bridgehead atoms. The summed E-state index contributed by atoms with van der Waals surface area (Å²) >= 11 is 0. The fourth-order valence-corrected chi connectivity index (χ4v) is 7.03. The number of hydrogen-bond donors (Lipinski definition) is 3. The maximum Gasteiger partial charge on any atom is 0.250 e. The summed E-state index contributed by atoms with van der Waals surface area (Å²) in [6, 6.07) is 22.8. The number of rotatable bonds is 8. The van der Waals surface area contributed by atoms with Crippen molar-refractivity contribution < 1.29 is 24.2 Å². The maximum atomic E-state index is 14.4. The van der Waals surface area contributed by atoms with E-state index in [1.165, 1.54) is 4.90 Å². The number of anilines is 1. The van der Waals surface area contributed by atoms with Crippen LogP contribution in [0.25, 0.3) is 0 Å². The number of fused-ring (bicyclic) bond motifs is 1. The summed E-state index contributed by atoms with van der Waals surface area (Å²) in [7, 11) is 0. The summed E-state index contributed by atoms with van der Waals surface area (Å²) in [4.78, 5) is 43.8. The Morgan fingerprint density at radius 1 is 1.02 bits per heavy atom. The first kappa shape index (κ1) is 27.2. The van der Waals surface area contributed by atoms with Crippen molar-refractivity contribution in [1.82, 2.24) is 10.2 Å². The zero-order valence-electron chi connectivity index (χ0n) is 23.2. The molecule has 6 rings (SSSR count). The van der Waals surface area contributed by atoms with Crippen LogP contribution in [0.2, 0.25) is 0 Å². The van der Waals surface area contributed by atoms with Gasteiger partial charge in [0.25, 0.3) is 0 Å². The van der Waals surface area contributed by atoms with Crippen molar-refractivity contribution in [2.45, 2.75) is 57.0 Å². The quantitative estimate of drug-likeness (QED) is 0.395. The Hall–Kier alpha value is -4.01. The van der Waals surface area contributed by atoms with Crippen LogP contribution in [0.1, 0.15) is 41.1 Å². The topological polar surface area (TPSA) is 108 Å². The molecule has 3 heterocycles. The van der Waals surface area contributed by atoms with E-state index in [4.69, 9.17) is 4.74 Å². The first-order valence-electron chi connectivity index (χ1n) is 14.2. The summed E-state index contributed by atoms with van der Waals surface area (Å²) < 4.78 is 6.56. The van der Waals surface area contributed by atoms with E-state index in [0.29, 0.717) is 30.6 Å². The van der Waals surface area contributed by atoms with Gasteiger partial charge in [-0.15, -0.1) is 0 Å². The normalized spacial score (nSPS) is 27.0. The molecule has 3 aliphatic rings. The second kappa shape index (κ2) is 10.8. The maximum absolute atomic E-state index is 14.4. The minimum absolute atomic E-state index is 0.255. The fourth-order valence-electron chi connectivity index (χ4n) is 7.03. The number of likely N-dealkylation sites (tertiary alicyclic amines) is 1. The molecule has 3 aromatic carbocycles. The first-order valence-corrected chi connectivity index (χ1v) is 14.2. The Labute approximate surface area is 239 Å². The molecule has 0 radical (unpaired) electrons. The van der Waals surface area contributed by atoms with Crippen molar-refractivity contribution >= 4 is 23.4 Å². The van der Waals surface area contributed by atoms with Crippen LogP contribution in [0.15, 0.2) is 78.9 Å². The molecular formula is C33H35N3O5. The monoisotopic (exact) mass is 553 g/mol. The van der Waals surface area contributed by atoms with E-state index in [1.54, 1.807) is 0 Å². The van der Waals surface area contributed by atoms with Gasteiger partial charge >= 0.3 is 0 Å². The molecule has 3 N–H and O–H groups in total. The van der Waals surface area contributed by atoms with Gasteiger partial charge in [-0.1, -0.05) is 72.8 Å². The predicted octanol–water partition coefficient (Wildman–Crippen LogP) is 3.67. The number of amides is 3. The number of hydrogen-bond acceptors (Lipinski definition) is 5. The summed E-state index contributed by atoms with van der Waals surface area (Å²) in [5, 5.41) is 16.7. The van der Waals surface area contributed by atoms with Crippen LogP contribution in [0.4, 0.5) is 5.69 Å². The summed E-state index contributed by atoms with van der Waals surface area (Å²) in [6.45, 7) is 3.83. The highest BCUT2D eigenvalue weighted by atomic mass is 16.5. The number of nitrogens with one attached hydrogen (secondary N) is 2. The highest BCUT2D eigenvalue weighted by Gasteiger charge is 2.75. The molecule has 3 amide bonds. The van der Waals surface area contributed by atoms with E-state index in [2.05, 4.69) is 10.6 Å². The Kier molecular flexibility index (Phi) is 7.13. The molecule has 3 aromatic rings. The molecule has 3 fully saturated rings. The van der Waals surface area contributed by atoms with Gasteiger partial charge in [-0.05, 0) is 55.0 Å². The average molecular weight is 554 g/mol. The average Bonchev–Trinajstić information content (AvgIpc) is 3.63. The molecule has 3 saturated heterocycles. The molecule has 2 unspecified atom stereocenters. The minimum Gasteiger partial charge on any atom is -0.394 e. The van der Waals surface area contributed by atoms with Gasteiger partial charge in [-0.2, -0.15) is 0 Å². The zero-order valence-corrected chi connectivity index (χ0v) is 23.2. The molecular weight excluding hydrogens is 518 g/mol. The van der Waals surface area contributed by atoms with Crippen LogP contribution in [-0.2, 0) is 25.7 Å². The van der Waals surface area contributed by atoms with Crippen LogP contribution < -0.4 is 10.6 Å². The molecule has 6 atom stereocenters. The lowest BCUT2D eigenvalue weighted by Crippen LogP contribution is -2.54. The van der Waals surface area contributed by atoms with E-state index < -0.39 is 35.6 Å². The van der Waals surface area contributed by atoms with Crippen LogP contribution >= 0.6 is 0 Å². The van der Waals surface area contributed by atoms with Gasteiger partial charge in [-0.25, -0.2) is 0 Å². The van der Waals surface area contributed by atoms with Gasteiger partial charge < -0.3 is 25.4 Å². The Bertz CT molecular complexity index is 1460. The minimum atomic E-state index is -1.17. The second-order valence-corrected chi connectivity index (χ2v) is 11.4. The van der Waals surface area contributed by atoms with Gasteiger partial charge in [0.2, 0.25) is 17.7 Å². The number of benzene rings is 3. The molecule has 41 heavy (non-hydrogen) atoms. The summed E-state index contributed by atoms with van der Waals surface area (Å²) in [6.07, 6.45) is 0.594. The third kappa shape index (κ3) is 4.61. The van der Waals surface area contributed by atoms with Crippen LogP contribution in [0, 0.1) is 25.7 Å². The molecule has 8 nitrogen and oxygen atoms in total. The first-order chi connectivity index (χ1) is 19.8. The smallest absolute Gasteiger partial charge is 0.250 e. The van der Waals surface area contributed by atoms with Gasteiger partial charge in [0.1, 0.15) is 11.6 Å². The van der Waals surface area contributed by atoms with E-state index >= 15 is 0 Å². The van der Waals surface area contributed by atoms with Crippen LogP contribution in [0.3, 0.4) is 0 Å². The number of carbonyl (C=O) groups excluding carboxylic acids is 3. The van der Waals surface area contributed by atoms with Crippen molar-refractivity contribution in [3.05, 3.63) is 101 Å². The van der Waals surface area contributed by atoms with Crippen molar-refractivity contribution in [1.29, 1.82) is 0 Å². The number of carbonyl (C=O) groups is 3. The van der Waals surface area contributed by atoms with Crippen LogP contribution in [-0.4, -0.2) is 52.1 Å². The number of aliphatic hydroxyl groups is 1. The van der Waals surface area contributed by atoms with E-state index in [1.807, 2.05) is 92.7 Å². The molecule has 0 aromatic heterocycles. The molecule has 1 spiro atoms. The highest BCUT2D eigenvalue weighted by Crippen LogP contribution is 2.59. The van der Waals surface area contributed by atoms with E-state index in [-0.39, 0.29) is 24.3 Å². The van der Waals surface area contributed by atoms with Crippen molar-refractivity contribution in [3.8, 4) is 0 Å². The molecule has 3 aliphatic heterocycles. The predicted molar refractivity (Wildman–Crippen MR) is 154 cm³/mol. The van der Waals surface area contributed by atoms with Gasteiger partial charge in [0, 0.05) is 12.2 Å². The zero-order chi connectivity index (χ0) is 28.7.